The number of H-pyrrole nitrogens is 1. The van der Waals surface area contributed by atoms with Crippen LogP contribution in [0.25, 0.3) is 0 Å². The number of aromatic nitrogens is 3. The zero-order valence-corrected chi connectivity index (χ0v) is 13.9. The van der Waals surface area contributed by atoms with Gasteiger partial charge in [-0.3, -0.25) is 5.10 Å². The molecule has 2 N–H and O–H groups in total. The molecule has 122 valence electrons. The second-order valence-corrected chi connectivity index (χ2v) is 7.56. The Bertz CT molecular complexity index is 487. The van der Waals surface area contributed by atoms with Gasteiger partial charge in [-0.05, 0) is 17.4 Å². The molecule has 0 aliphatic carbocycles. The predicted octanol–water partition coefficient (Wildman–Crippen LogP) is 3.71. The second kappa shape index (κ2) is 6.74. The summed E-state index contributed by atoms with van der Waals surface area (Å²) < 4.78 is 0. The van der Waals surface area contributed by atoms with Crippen molar-refractivity contribution >= 4 is 5.84 Å². The molecular formula is C15H31N5O. The van der Waals surface area contributed by atoms with Gasteiger partial charge in [0.05, 0.1) is 0 Å². The fraction of sp³-hybridized carbons (Fsp3) is 0.667. The summed E-state index contributed by atoms with van der Waals surface area (Å²) in [5.74, 6) is 2.28. The highest BCUT2D eigenvalue weighted by Crippen LogP contribution is 2.20. The van der Waals surface area contributed by atoms with Crippen molar-refractivity contribution in [3.8, 4) is 0 Å². The fourth-order valence-corrected chi connectivity index (χ4v) is 1.71. The number of nitrogens with zero attached hydrogens (tertiary/aromatic N) is 3. The molecule has 0 amide bonds. The molecular weight excluding hydrogens is 266 g/mol. The lowest BCUT2D eigenvalue weighted by Crippen LogP contribution is -2.22. The fourth-order valence-electron chi connectivity index (χ4n) is 1.71. The molecule has 0 spiro atoms. The van der Waals surface area contributed by atoms with Crippen LogP contribution < -0.4 is 5.48 Å². The van der Waals surface area contributed by atoms with E-state index in [0.29, 0.717) is 11.3 Å². The van der Waals surface area contributed by atoms with Crippen molar-refractivity contribution in [2.24, 2.45) is 15.8 Å². The molecule has 1 aliphatic heterocycles. The number of amidine groups is 1. The molecule has 0 saturated carbocycles. The summed E-state index contributed by atoms with van der Waals surface area (Å²) in [6.45, 7) is 16.5. The van der Waals surface area contributed by atoms with Crippen LogP contribution in [0.4, 0.5) is 0 Å². The van der Waals surface area contributed by atoms with E-state index >= 15 is 0 Å². The quantitative estimate of drug-likeness (QED) is 0.872. The number of hydroxylamine groups is 1. The maximum atomic E-state index is 4.86. The van der Waals surface area contributed by atoms with Crippen molar-refractivity contribution in [3.05, 3.63) is 24.6 Å². The van der Waals surface area contributed by atoms with Gasteiger partial charge in [-0.1, -0.05) is 41.5 Å². The van der Waals surface area contributed by atoms with E-state index in [1.54, 1.807) is 6.33 Å². The standard InChI is InChI=1S/C8H14N2O.C7H13N3.2H2/c1-6-9-7(10-11-6)5-8(2,3)4;1-7(2,3)4-6-8-5-9-10-6;;/h1,5H2,2-4H3,(H,9,10);5H,4H2,1-3H3,(H,8,9,10);2*1H. The summed E-state index contributed by atoms with van der Waals surface area (Å²) in [5.41, 5.74) is 3.24. The molecule has 0 bridgehead atoms. The first kappa shape index (κ1) is 17.2. The highest BCUT2D eigenvalue weighted by atomic mass is 16.7. The van der Waals surface area contributed by atoms with E-state index < -0.39 is 0 Å². The zero-order valence-electron chi connectivity index (χ0n) is 13.9. The number of hydrogen-bond acceptors (Lipinski definition) is 5. The summed E-state index contributed by atoms with van der Waals surface area (Å²) in [6, 6.07) is 0. The van der Waals surface area contributed by atoms with Crippen molar-refractivity contribution < 1.29 is 7.69 Å². The minimum atomic E-state index is 0. The van der Waals surface area contributed by atoms with Crippen LogP contribution in [-0.4, -0.2) is 21.0 Å². The van der Waals surface area contributed by atoms with Gasteiger partial charge in [0.15, 0.2) is 0 Å². The Labute approximate surface area is 130 Å². The Kier molecular flexibility index (Phi) is 5.52. The third-order valence-corrected chi connectivity index (χ3v) is 2.41. The van der Waals surface area contributed by atoms with E-state index in [0.717, 1.165) is 24.5 Å². The minimum Gasteiger partial charge on any atom is -0.361 e. The van der Waals surface area contributed by atoms with Crippen LogP contribution in [0, 0.1) is 10.8 Å². The average molecular weight is 297 g/mol. The third-order valence-electron chi connectivity index (χ3n) is 2.41. The molecule has 1 aromatic heterocycles. The molecule has 2 rings (SSSR count). The Morgan fingerprint density at radius 1 is 1.14 bits per heavy atom. The number of hydrogen-bond donors (Lipinski definition) is 2. The summed E-state index contributed by atoms with van der Waals surface area (Å²) in [6.07, 6.45) is 3.38. The van der Waals surface area contributed by atoms with Gasteiger partial charge in [-0.15, -0.1) is 0 Å². The monoisotopic (exact) mass is 297 g/mol. The SMILES string of the molecule is C=C1N=C(CC(C)(C)C)NO1.CC(C)(C)Cc1ncn[nH]1.[HH].[HH]. The summed E-state index contributed by atoms with van der Waals surface area (Å²) in [7, 11) is 0. The van der Waals surface area contributed by atoms with Gasteiger partial charge >= 0.3 is 0 Å². The van der Waals surface area contributed by atoms with Crippen LogP contribution in [0.1, 0.15) is 56.6 Å². The molecule has 6 heteroatoms. The van der Waals surface area contributed by atoms with Crippen molar-refractivity contribution in [2.75, 3.05) is 0 Å². The Balaban J connectivity index is 0. The van der Waals surface area contributed by atoms with Crippen LogP contribution in [0.3, 0.4) is 0 Å². The van der Waals surface area contributed by atoms with E-state index in [1.165, 1.54) is 0 Å². The van der Waals surface area contributed by atoms with Crippen molar-refractivity contribution in [1.29, 1.82) is 0 Å². The molecule has 0 radical (unpaired) electrons. The number of nitrogens with one attached hydrogen (secondary N) is 2. The van der Waals surface area contributed by atoms with Crippen molar-refractivity contribution in [1.82, 2.24) is 20.7 Å². The van der Waals surface area contributed by atoms with E-state index in [-0.39, 0.29) is 8.27 Å². The molecule has 2 heterocycles. The van der Waals surface area contributed by atoms with Gasteiger partial charge in [-0.2, -0.15) is 10.1 Å². The van der Waals surface area contributed by atoms with Crippen LogP contribution in [-0.2, 0) is 11.3 Å². The first-order chi connectivity index (χ1) is 9.55. The van der Waals surface area contributed by atoms with Crippen LogP contribution in [0.15, 0.2) is 23.8 Å². The minimum absolute atomic E-state index is 0. The highest BCUT2D eigenvalue weighted by Gasteiger charge is 2.18. The molecule has 0 saturated heterocycles. The molecule has 1 aliphatic rings. The van der Waals surface area contributed by atoms with Crippen LogP contribution in [0.2, 0.25) is 0 Å². The summed E-state index contributed by atoms with van der Waals surface area (Å²) >= 11 is 0. The molecule has 21 heavy (non-hydrogen) atoms. The third kappa shape index (κ3) is 8.12. The number of aromatic amines is 1. The smallest absolute Gasteiger partial charge is 0.240 e. The lowest BCUT2D eigenvalue weighted by atomic mass is 9.92. The number of rotatable bonds is 2. The molecule has 0 atom stereocenters. The van der Waals surface area contributed by atoms with E-state index in [1.807, 2.05) is 0 Å². The largest absolute Gasteiger partial charge is 0.361 e. The van der Waals surface area contributed by atoms with Gasteiger partial charge in [0, 0.05) is 15.7 Å². The summed E-state index contributed by atoms with van der Waals surface area (Å²) in [4.78, 5) is 13.0. The molecule has 0 unspecified atom stereocenters. The first-order valence-corrected chi connectivity index (χ1v) is 7.09. The van der Waals surface area contributed by atoms with Gasteiger partial charge in [0.25, 0.3) is 0 Å². The molecule has 1 aromatic rings. The lowest BCUT2D eigenvalue weighted by molar-refractivity contribution is 0.175. The van der Waals surface area contributed by atoms with Crippen molar-refractivity contribution in [3.63, 3.8) is 0 Å². The second-order valence-electron chi connectivity index (χ2n) is 7.56. The van der Waals surface area contributed by atoms with Crippen LogP contribution >= 0.6 is 0 Å². The van der Waals surface area contributed by atoms with Crippen LogP contribution in [0.5, 0.6) is 0 Å². The Morgan fingerprint density at radius 2 is 1.76 bits per heavy atom. The number of aliphatic imine (C=N–C) groups is 1. The Morgan fingerprint density at radius 3 is 2.14 bits per heavy atom. The van der Waals surface area contributed by atoms with Gasteiger partial charge in [-0.25, -0.2) is 10.5 Å². The summed E-state index contributed by atoms with van der Waals surface area (Å²) in [5, 5.41) is 6.60. The zero-order chi connectivity index (χ0) is 16.1. The van der Waals surface area contributed by atoms with Gasteiger partial charge < -0.3 is 4.84 Å². The lowest BCUT2D eigenvalue weighted by Gasteiger charge is -2.16. The molecule has 6 nitrogen and oxygen atoms in total. The van der Waals surface area contributed by atoms with E-state index in [9.17, 15) is 0 Å². The first-order valence-electron chi connectivity index (χ1n) is 7.09. The topological polar surface area (TPSA) is 75.2 Å². The normalized spacial score (nSPS) is 14.8. The van der Waals surface area contributed by atoms with E-state index in [2.05, 4.69) is 73.8 Å². The average Bonchev–Trinajstić information content (AvgIpc) is 2.87. The maximum Gasteiger partial charge on any atom is 0.240 e. The molecule has 0 aromatic carbocycles. The van der Waals surface area contributed by atoms with Gasteiger partial charge in [0.2, 0.25) is 5.88 Å². The molecule has 0 fully saturated rings. The highest BCUT2D eigenvalue weighted by molar-refractivity contribution is 5.83. The van der Waals surface area contributed by atoms with Gasteiger partial charge in [0.1, 0.15) is 18.0 Å². The maximum absolute atomic E-state index is 4.86. The Hall–Kier alpha value is -1.85. The van der Waals surface area contributed by atoms with Crippen molar-refractivity contribution in [2.45, 2.75) is 54.4 Å². The predicted molar refractivity (Wildman–Crippen MR) is 88.6 cm³/mol. The van der Waals surface area contributed by atoms with E-state index in [4.69, 9.17) is 4.84 Å².